The zero-order chi connectivity index (χ0) is 12.4. The topological polar surface area (TPSA) is 21.3 Å². The molecule has 0 unspecified atom stereocenters. The van der Waals surface area contributed by atoms with E-state index in [4.69, 9.17) is 4.74 Å². The zero-order valence-electron chi connectivity index (χ0n) is 10.0. The summed E-state index contributed by atoms with van der Waals surface area (Å²) in [5, 5.41) is 6.78. The van der Waals surface area contributed by atoms with E-state index in [0.29, 0.717) is 0 Å². The number of hydrogen-bond acceptors (Lipinski definition) is 3. The van der Waals surface area contributed by atoms with Crippen LogP contribution in [0.1, 0.15) is 0 Å². The second-order valence-electron chi connectivity index (χ2n) is 4.03. The van der Waals surface area contributed by atoms with Crippen molar-refractivity contribution in [2.75, 3.05) is 12.4 Å². The van der Waals surface area contributed by atoms with Crippen LogP contribution in [-0.4, -0.2) is 7.11 Å². The van der Waals surface area contributed by atoms with Gasteiger partial charge in [0.25, 0.3) is 0 Å². The van der Waals surface area contributed by atoms with Crippen molar-refractivity contribution in [2.24, 2.45) is 0 Å². The molecular formula is C15H13NOS. The molecule has 0 spiro atoms. The lowest BCUT2D eigenvalue weighted by Gasteiger charge is -2.07. The molecule has 2 aromatic carbocycles. The summed E-state index contributed by atoms with van der Waals surface area (Å²) in [5.74, 6) is 0.869. The molecule has 90 valence electrons. The van der Waals surface area contributed by atoms with Gasteiger partial charge in [0.2, 0.25) is 0 Å². The van der Waals surface area contributed by atoms with Gasteiger partial charge >= 0.3 is 0 Å². The number of thiophene rings is 1. The van der Waals surface area contributed by atoms with Crippen LogP contribution < -0.4 is 10.1 Å². The van der Waals surface area contributed by atoms with Crippen molar-refractivity contribution in [1.82, 2.24) is 0 Å². The first-order valence-electron chi connectivity index (χ1n) is 5.73. The van der Waals surface area contributed by atoms with E-state index in [1.807, 2.05) is 24.3 Å². The fourth-order valence-electron chi connectivity index (χ4n) is 1.89. The highest BCUT2D eigenvalue weighted by molar-refractivity contribution is 7.17. The van der Waals surface area contributed by atoms with Crippen molar-refractivity contribution in [3.05, 3.63) is 53.9 Å². The van der Waals surface area contributed by atoms with Crippen LogP contribution in [0, 0.1) is 0 Å². The average molecular weight is 255 g/mol. The maximum Gasteiger partial charge on any atom is 0.119 e. The van der Waals surface area contributed by atoms with E-state index < -0.39 is 0 Å². The van der Waals surface area contributed by atoms with Gasteiger partial charge < -0.3 is 10.1 Å². The fourth-order valence-corrected chi connectivity index (χ4v) is 2.66. The van der Waals surface area contributed by atoms with Crippen molar-refractivity contribution in [2.45, 2.75) is 0 Å². The minimum atomic E-state index is 0.869. The molecule has 1 aromatic heterocycles. The summed E-state index contributed by atoms with van der Waals surface area (Å²) in [4.78, 5) is 0. The lowest BCUT2D eigenvalue weighted by atomic mass is 10.2. The summed E-state index contributed by atoms with van der Waals surface area (Å²) >= 11 is 1.76. The lowest BCUT2D eigenvalue weighted by molar-refractivity contribution is 0.415. The van der Waals surface area contributed by atoms with Crippen LogP contribution in [-0.2, 0) is 0 Å². The van der Waals surface area contributed by atoms with Gasteiger partial charge in [0.1, 0.15) is 5.75 Å². The van der Waals surface area contributed by atoms with Crippen LogP contribution in [0.25, 0.3) is 10.1 Å². The van der Waals surface area contributed by atoms with Gasteiger partial charge in [-0.25, -0.2) is 0 Å². The van der Waals surface area contributed by atoms with E-state index in [1.54, 1.807) is 18.4 Å². The van der Waals surface area contributed by atoms with Crippen molar-refractivity contribution >= 4 is 32.8 Å². The molecule has 0 aliphatic carbocycles. The van der Waals surface area contributed by atoms with Crippen LogP contribution in [0.4, 0.5) is 11.4 Å². The smallest absolute Gasteiger partial charge is 0.119 e. The Hall–Kier alpha value is -2.00. The Kier molecular flexibility index (Phi) is 2.90. The SMILES string of the molecule is COc1ccc(Nc2ccc3sccc3c2)cc1. The quantitative estimate of drug-likeness (QED) is 0.735. The molecular weight excluding hydrogens is 242 g/mol. The summed E-state index contributed by atoms with van der Waals surface area (Å²) < 4.78 is 6.46. The van der Waals surface area contributed by atoms with Gasteiger partial charge in [-0.2, -0.15) is 0 Å². The molecule has 0 saturated carbocycles. The molecule has 0 radical (unpaired) electrons. The summed E-state index contributed by atoms with van der Waals surface area (Å²) in [6.07, 6.45) is 0. The van der Waals surface area contributed by atoms with E-state index in [-0.39, 0.29) is 0 Å². The number of ether oxygens (including phenoxy) is 1. The first-order chi connectivity index (χ1) is 8.85. The van der Waals surface area contributed by atoms with Crippen LogP contribution in [0.5, 0.6) is 5.75 Å². The molecule has 0 fully saturated rings. The highest BCUT2D eigenvalue weighted by Gasteiger charge is 1.99. The maximum absolute atomic E-state index is 5.14. The van der Waals surface area contributed by atoms with Gasteiger partial charge in [0, 0.05) is 16.1 Å². The predicted octanol–water partition coefficient (Wildman–Crippen LogP) is 4.65. The van der Waals surface area contributed by atoms with E-state index >= 15 is 0 Å². The molecule has 0 atom stereocenters. The van der Waals surface area contributed by atoms with Crippen LogP contribution in [0.3, 0.4) is 0 Å². The van der Waals surface area contributed by atoms with Crippen molar-refractivity contribution < 1.29 is 4.74 Å². The molecule has 0 saturated heterocycles. The Morgan fingerprint density at radius 1 is 0.944 bits per heavy atom. The zero-order valence-corrected chi connectivity index (χ0v) is 10.8. The number of rotatable bonds is 3. The van der Waals surface area contributed by atoms with E-state index in [0.717, 1.165) is 17.1 Å². The van der Waals surface area contributed by atoms with Crippen LogP contribution >= 0.6 is 11.3 Å². The van der Waals surface area contributed by atoms with Crippen molar-refractivity contribution in [3.63, 3.8) is 0 Å². The van der Waals surface area contributed by atoms with E-state index in [1.165, 1.54) is 10.1 Å². The third-order valence-electron chi connectivity index (χ3n) is 2.83. The standard InChI is InChI=1S/C15H13NOS/c1-17-14-5-2-12(3-6-14)16-13-4-7-15-11(10-13)8-9-18-15/h2-10,16H,1H3. The Morgan fingerprint density at radius 3 is 2.50 bits per heavy atom. The third kappa shape index (κ3) is 2.17. The summed E-state index contributed by atoms with van der Waals surface area (Å²) in [6.45, 7) is 0. The van der Waals surface area contributed by atoms with Gasteiger partial charge in [-0.05, 0) is 59.3 Å². The minimum Gasteiger partial charge on any atom is -0.497 e. The first kappa shape index (κ1) is 11.1. The number of benzene rings is 2. The fraction of sp³-hybridized carbons (Fsp3) is 0.0667. The first-order valence-corrected chi connectivity index (χ1v) is 6.61. The summed E-state index contributed by atoms with van der Waals surface area (Å²) in [6, 6.07) is 16.5. The molecule has 0 amide bonds. The second-order valence-corrected chi connectivity index (χ2v) is 4.97. The third-order valence-corrected chi connectivity index (χ3v) is 3.73. The number of hydrogen-bond donors (Lipinski definition) is 1. The molecule has 0 bridgehead atoms. The van der Waals surface area contributed by atoms with E-state index in [2.05, 4.69) is 35.0 Å². The summed E-state index contributed by atoms with van der Waals surface area (Å²) in [7, 11) is 1.67. The van der Waals surface area contributed by atoms with Gasteiger partial charge in [-0.15, -0.1) is 11.3 Å². The highest BCUT2D eigenvalue weighted by atomic mass is 32.1. The van der Waals surface area contributed by atoms with E-state index in [9.17, 15) is 0 Å². The average Bonchev–Trinajstić information content (AvgIpc) is 2.87. The van der Waals surface area contributed by atoms with Gasteiger partial charge in [0.15, 0.2) is 0 Å². The molecule has 1 heterocycles. The van der Waals surface area contributed by atoms with Crippen LogP contribution in [0.2, 0.25) is 0 Å². The molecule has 0 aliphatic heterocycles. The normalized spacial score (nSPS) is 10.5. The monoisotopic (exact) mass is 255 g/mol. The van der Waals surface area contributed by atoms with Crippen LogP contribution in [0.15, 0.2) is 53.9 Å². The molecule has 3 rings (SSSR count). The molecule has 18 heavy (non-hydrogen) atoms. The Morgan fingerprint density at radius 2 is 1.72 bits per heavy atom. The number of anilines is 2. The molecule has 1 N–H and O–H groups in total. The van der Waals surface area contributed by atoms with Gasteiger partial charge in [-0.1, -0.05) is 0 Å². The maximum atomic E-state index is 5.14. The second kappa shape index (κ2) is 4.70. The Bertz CT molecular complexity index is 658. The molecule has 3 heteroatoms. The minimum absolute atomic E-state index is 0.869. The van der Waals surface area contributed by atoms with Crippen molar-refractivity contribution in [1.29, 1.82) is 0 Å². The summed E-state index contributed by atoms with van der Waals surface area (Å²) in [5.41, 5.74) is 2.16. The predicted molar refractivity (Wildman–Crippen MR) is 78.1 cm³/mol. The number of methoxy groups -OCH3 is 1. The highest BCUT2D eigenvalue weighted by Crippen LogP contribution is 2.26. The lowest BCUT2D eigenvalue weighted by Crippen LogP contribution is -1.90. The Labute approximate surface area is 110 Å². The van der Waals surface area contributed by atoms with Crippen molar-refractivity contribution in [3.8, 4) is 5.75 Å². The number of fused-ring (bicyclic) bond motifs is 1. The van der Waals surface area contributed by atoms with Gasteiger partial charge in [-0.3, -0.25) is 0 Å². The Balaban J connectivity index is 1.85. The molecule has 3 aromatic rings. The number of nitrogens with one attached hydrogen (secondary N) is 1. The molecule has 2 nitrogen and oxygen atoms in total. The largest absolute Gasteiger partial charge is 0.497 e. The van der Waals surface area contributed by atoms with Gasteiger partial charge in [0.05, 0.1) is 7.11 Å². The molecule has 0 aliphatic rings.